The highest BCUT2D eigenvalue weighted by Crippen LogP contribution is 2.14. The molecule has 22 heavy (non-hydrogen) atoms. The summed E-state index contributed by atoms with van der Waals surface area (Å²) in [5, 5.41) is 18.9. The Morgan fingerprint density at radius 1 is 1.55 bits per heavy atom. The summed E-state index contributed by atoms with van der Waals surface area (Å²) in [6, 6.07) is 3.51. The Kier molecular flexibility index (Phi) is 6.11. The molecule has 1 aliphatic rings. The Balaban J connectivity index is 1.72. The Morgan fingerprint density at radius 3 is 3.05 bits per heavy atom. The molecule has 1 aromatic heterocycles. The van der Waals surface area contributed by atoms with Gasteiger partial charge in [0, 0.05) is 31.5 Å². The van der Waals surface area contributed by atoms with Crippen molar-refractivity contribution in [2.24, 2.45) is 0 Å². The van der Waals surface area contributed by atoms with Crippen LogP contribution in [0.4, 0.5) is 4.79 Å². The van der Waals surface area contributed by atoms with E-state index in [1.807, 2.05) is 26.0 Å². The van der Waals surface area contributed by atoms with E-state index in [1.54, 1.807) is 12.4 Å². The van der Waals surface area contributed by atoms with E-state index < -0.39 is 12.2 Å². The molecule has 3 unspecified atom stereocenters. The Labute approximate surface area is 130 Å². The molecule has 0 aromatic carbocycles. The molecule has 0 radical (unpaired) electrons. The lowest BCUT2D eigenvalue weighted by molar-refractivity contribution is 0.0425. The SMILES string of the molecule is CC(C)NC(=O)NCC1OCC(NCc2cccnc2)C1O. The molecule has 3 atom stereocenters. The molecule has 1 aliphatic heterocycles. The van der Waals surface area contributed by atoms with Gasteiger partial charge in [0.1, 0.15) is 6.10 Å². The van der Waals surface area contributed by atoms with Crippen molar-refractivity contribution < 1.29 is 14.6 Å². The average Bonchev–Trinajstić information content (AvgIpc) is 2.84. The molecule has 2 rings (SSSR count). The third kappa shape index (κ3) is 4.94. The summed E-state index contributed by atoms with van der Waals surface area (Å²) in [4.78, 5) is 15.6. The van der Waals surface area contributed by atoms with Crippen LogP contribution in [0.2, 0.25) is 0 Å². The maximum Gasteiger partial charge on any atom is 0.315 e. The fourth-order valence-electron chi connectivity index (χ4n) is 2.30. The molecule has 2 heterocycles. The number of aliphatic hydroxyl groups is 1. The fraction of sp³-hybridized carbons (Fsp3) is 0.600. The molecule has 122 valence electrons. The third-order valence-electron chi connectivity index (χ3n) is 3.46. The van der Waals surface area contributed by atoms with E-state index in [4.69, 9.17) is 4.74 Å². The van der Waals surface area contributed by atoms with Crippen molar-refractivity contribution in [2.75, 3.05) is 13.2 Å². The number of carbonyl (C=O) groups excluding carboxylic acids is 1. The minimum atomic E-state index is -0.656. The lowest BCUT2D eigenvalue weighted by atomic mass is 10.1. The van der Waals surface area contributed by atoms with Gasteiger partial charge in [-0.25, -0.2) is 4.79 Å². The molecule has 7 nitrogen and oxygen atoms in total. The van der Waals surface area contributed by atoms with E-state index in [2.05, 4.69) is 20.9 Å². The number of aliphatic hydroxyl groups excluding tert-OH is 1. The zero-order chi connectivity index (χ0) is 15.9. The molecular weight excluding hydrogens is 284 g/mol. The predicted octanol–water partition coefficient (Wildman–Crippen LogP) is 0.00710. The van der Waals surface area contributed by atoms with Crippen LogP contribution >= 0.6 is 0 Å². The van der Waals surface area contributed by atoms with Crippen molar-refractivity contribution in [3.05, 3.63) is 30.1 Å². The first kappa shape index (κ1) is 16.7. The summed E-state index contributed by atoms with van der Waals surface area (Å²) < 4.78 is 5.55. The molecular formula is C15H24N4O3. The highest BCUT2D eigenvalue weighted by atomic mass is 16.5. The number of rotatable bonds is 6. The van der Waals surface area contributed by atoms with Crippen LogP contribution in [0.15, 0.2) is 24.5 Å². The number of carbonyl (C=O) groups is 1. The number of hydrogen-bond acceptors (Lipinski definition) is 5. The minimum Gasteiger partial charge on any atom is -0.389 e. The van der Waals surface area contributed by atoms with Crippen molar-refractivity contribution in [2.45, 2.75) is 44.7 Å². The van der Waals surface area contributed by atoms with E-state index in [1.165, 1.54) is 0 Å². The van der Waals surface area contributed by atoms with E-state index >= 15 is 0 Å². The lowest BCUT2D eigenvalue weighted by Crippen LogP contribution is -2.47. The smallest absolute Gasteiger partial charge is 0.315 e. The molecule has 0 aliphatic carbocycles. The van der Waals surface area contributed by atoms with Crippen molar-refractivity contribution in [1.29, 1.82) is 0 Å². The molecule has 4 N–H and O–H groups in total. The van der Waals surface area contributed by atoms with Crippen LogP contribution in [-0.4, -0.2) is 53.6 Å². The van der Waals surface area contributed by atoms with Crippen LogP contribution in [0.5, 0.6) is 0 Å². The van der Waals surface area contributed by atoms with Crippen LogP contribution in [0.25, 0.3) is 0 Å². The number of hydrogen-bond donors (Lipinski definition) is 4. The fourth-order valence-corrected chi connectivity index (χ4v) is 2.30. The first-order valence-corrected chi connectivity index (χ1v) is 7.52. The van der Waals surface area contributed by atoms with E-state index in [9.17, 15) is 9.90 Å². The van der Waals surface area contributed by atoms with Crippen LogP contribution in [0.3, 0.4) is 0 Å². The highest BCUT2D eigenvalue weighted by molar-refractivity contribution is 5.74. The first-order valence-electron chi connectivity index (χ1n) is 7.52. The second-order valence-corrected chi connectivity index (χ2v) is 5.72. The van der Waals surface area contributed by atoms with Gasteiger partial charge in [0.25, 0.3) is 0 Å². The average molecular weight is 308 g/mol. The van der Waals surface area contributed by atoms with Gasteiger partial charge in [0.15, 0.2) is 0 Å². The van der Waals surface area contributed by atoms with Gasteiger partial charge in [-0.15, -0.1) is 0 Å². The summed E-state index contributed by atoms with van der Waals surface area (Å²) in [7, 11) is 0. The second-order valence-electron chi connectivity index (χ2n) is 5.72. The standard InChI is InChI=1S/C15H24N4O3/c1-10(2)19-15(21)18-8-13-14(20)12(9-22-13)17-7-11-4-3-5-16-6-11/h3-6,10,12-14,17,20H,7-9H2,1-2H3,(H2,18,19,21). The molecule has 2 amide bonds. The van der Waals surface area contributed by atoms with Crippen molar-refractivity contribution in [3.8, 4) is 0 Å². The quantitative estimate of drug-likeness (QED) is 0.594. The summed E-state index contributed by atoms with van der Waals surface area (Å²) in [5.41, 5.74) is 1.05. The van der Waals surface area contributed by atoms with Crippen LogP contribution < -0.4 is 16.0 Å². The van der Waals surface area contributed by atoms with Gasteiger partial charge in [0.2, 0.25) is 0 Å². The number of nitrogens with one attached hydrogen (secondary N) is 3. The van der Waals surface area contributed by atoms with Crippen LogP contribution in [0, 0.1) is 0 Å². The summed E-state index contributed by atoms with van der Waals surface area (Å²) in [6.07, 6.45) is 2.45. The maximum absolute atomic E-state index is 11.5. The van der Waals surface area contributed by atoms with Crippen molar-refractivity contribution in [3.63, 3.8) is 0 Å². The molecule has 0 bridgehead atoms. The minimum absolute atomic E-state index is 0.0725. The molecule has 0 saturated carbocycles. The van der Waals surface area contributed by atoms with Gasteiger partial charge in [-0.1, -0.05) is 6.07 Å². The second kappa shape index (κ2) is 8.07. The number of aromatic nitrogens is 1. The number of urea groups is 1. The monoisotopic (exact) mass is 308 g/mol. The summed E-state index contributed by atoms with van der Waals surface area (Å²) in [6.45, 7) is 5.09. The molecule has 1 aromatic rings. The Morgan fingerprint density at radius 2 is 2.36 bits per heavy atom. The molecule has 7 heteroatoms. The zero-order valence-electron chi connectivity index (χ0n) is 13.0. The van der Waals surface area contributed by atoms with Crippen molar-refractivity contribution >= 4 is 6.03 Å². The van der Waals surface area contributed by atoms with E-state index in [0.29, 0.717) is 13.2 Å². The maximum atomic E-state index is 11.5. The van der Waals surface area contributed by atoms with Gasteiger partial charge >= 0.3 is 6.03 Å². The topological polar surface area (TPSA) is 95.5 Å². The largest absolute Gasteiger partial charge is 0.389 e. The normalized spacial score (nSPS) is 24.5. The summed E-state index contributed by atoms with van der Waals surface area (Å²) >= 11 is 0. The molecule has 0 spiro atoms. The summed E-state index contributed by atoms with van der Waals surface area (Å²) in [5.74, 6) is 0. The molecule has 1 fully saturated rings. The van der Waals surface area contributed by atoms with Gasteiger partial charge in [-0.3, -0.25) is 4.98 Å². The number of amides is 2. The van der Waals surface area contributed by atoms with E-state index in [0.717, 1.165) is 5.56 Å². The van der Waals surface area contributed by atoms with Gasteiger partial charge in [0.05, 0.1) is 18.8 Å². The van der Waals surface area contributed by atoms with Crippen LogP contribution in [-0.2, 0) is 11.3 Å². The van der Waals surface area contributed by atoms with E-state index in [-0.39, 0.29) is 24.7 Å². The number of nitrogens with zero attached hydrogens (tertiary/aromatic N) is 1. The lowest BCUT2D eigenvalue weighted by Gasteiger charge is -2.19. The van der Waals surface area contributed by atoms with Crippen molar-refractivity contribution in [1.82, 2.24) is 20.9 Å². The zero-order valence-corrected chi connectivity index (χ0v) is 13.0. The Bertz CT molecular complexity index is 469. The number of pyridine rings is 1. The predicted molar refractivity (Wildman–Crippen MR) is 82.3 cm³/mol. The Hall–Kier alpha value is -1.70. The molecule has 1 saturated heterocycles. The van der Waals surface area contributed by atoms with Crippen LogP contribution in [0.1, 0.15) is 19.4 Å². The third-order valence-corrected chi connectivity index (χ3v) is 3.46. The van der Waals surface area contributed by atoms with Gasteiger partial charge in [-0.2, -0.15) is 0 Å². The van der Waals surface area contributed by atoms with Gasteiger partial charge < -0.3 is 25.8 Å². The number of ether oxygens (including phenoxy) is 1. The first-order chi connectivity index (χ1) is 10.6. The van der Waals surface area contributed by atoms with Gasteiger partial charge in [-0.05, 0) is 25.5 Å². The highest BCUT2D eigenvalue weighted by Gasteiger charge is 2.35.